The Morgan fingerprint density at radius 1 is 0.531 bits per heavy atom. The molecule has 0 rings (SSSR count). The first-order valence-electron chi connectivity index (χ1n) is 13.5. The first kappa shape index (κ1) is 33.8. The highest BCUT2D eigenvalue weighted by Gasteiger charge is 2.24. The molecule has 0 radical (unpaired) electrons. The molecule has 194 valence electrons. The van der Waals surface area contributed by atoms with E-state index in [9.17, 15) is 0 Å². The monoisotopic (exact) mass is 558 g/mol. The van der Waals surface area contributed by atoms with Crippen LogP contribution in [0.1, 0.15) is 92.9 Å². The zero-order valence-electron chi connectivity index (χ0n) is 22.1. The Kier molecular flexibility index (Phi) is 27.3. The summed E-state index contributed by atoms with van der Waals surface area (Å²) in [5, 5.41) is 0. The van der Waals surface area contributed by atoms with Crippen LogP contribution in [0, 0.1) is 0 Å². The first-order valence-corrected chi connectivity index (χ1v) is 23.2. The number of hydrogen-bond donors (Lipinski definition) is 0. The standard InChI is InChI=1S/C24H54O2S4Si2/c1-7-13-15-25-23(31(17-9-3)18-10-4)21-27-29-30-28-22-24(26-16-14-8-2)32(19-11-5)20-12-6/h23-24,31-32H,7-22H2,1-6H3. The summed E-state index contributed by atoms with van der Waals surface area (Å²) in [4.78, 5) is 0. The molecule has 0 aliphatic carbocycles. The van der Waals surface area contributed by atoms with E-state index >= 15 is 0 Å². The molecule has 0 saturated heterocycles. The quantitative estimate of drug-likeness (QED) is 0.0627. The van der Waals surface area contributed by atoms with Crippen molar-refractivity contribution in [2.24, 2.45) is 0 Å². The van der Waals surface area contributed by atoms with E-state index in [1.54, 1.807) is 0 Å². The average molecular weight is 559 g/mol. The van der Waals surface area contributed by atoms with E-state index < -0.39 is 17.6 Å². The maximum atomic E-state index is 6.43. The number of ether oxygens (including phenoxy) is 2. The van der Waals surface area contributed by atoms with E-state index in [2.05, 4.69) is 41.5 Å². The third-order valence-corrected chi connectivity index (χ3v) is 21.3. The van der Waals surface area contributed by atoms with Gasteiger partial charge in [0.2, 0.25) is 0 Å². The van der Waals surface area contributed by atoms with E-state index in [1.165, 1.54) is 87.0 Å². The van der Waals surface area contributed by atoms with Crippen LogP contribution >= 0.6 is 41.2 Å². The summed E-state index contributed by atoms with van der Waals surface area (Å²) in [5.41, 5.74) is 1.11. The minimum absolute atomic E-state index is 0.556. The van der Waals surface area contributed by atoms with Crippen molar-refractivity contribution in [1.82, 2.24) is 0 Å². The minimum Gasteiger partial charge on any atom is -0.381 e. The van der Waals surface area contributed by atoms with Gasteiger partial charge >= 0.3 is 0 Å². The molecule has 0 aromatic heterocycles. The van der Waals surface area contributed by atoms with Gasteiger partial charge < -0.3 is 9.47 Å². The Morgan fingerprint density at radius 2 is 0.875 bits per heavy atom. The Hall–Kier alpha value is 1.75. The van der Waals surface area contributed by atoms with Crippen LogP contribution in [0.3, 0.4) is 0 Å². The summed E-state index contributed by atoms with van der Waals surface area (Å²) >= 11 is 0. The topological polar surface area (TPSA) is 18.5 Å². The molecule has 0 fully saturated rings. The fraction of sp³-hybridized carbons (Fsp3) is 1.00. The Labute approximate surface area is 220 Å². The molecule has 0 aromatic carbocycles. The Balaban J connectivity index is 4.49. The van der Waals surface area contributed by atoms with Crippen molar-refractivity contribution in [2.45, 2.75) is 129 Å². The molecule has 2 nitrogen and oxygen atoms in total. The van der Waals surface area contributed by atoms with Crippen LogP contribution in [0.15, 0.2) is 0 Å². The molecule has 0 saturated carbocycles. The Morgan fingerprint density at radius 3 is 1.16 bits per heavy atom. The van der Waals surface area contributed by atoms with Gasteiger partial charge in [-0.1, -0.05) is 126 Å². The zero-order valence-corrected chi connectivity index (χ0v) is 27.6. The fourth-order valence-electron chi connectivity index (χ4n) is 4.14. The van der Waals surface area contributed by atoms with Gasteiger partial charge in [0.15, 0.2) is 0 Å². The molecule has 0 aliphatic rings. The predicted octanol–water partition coefficient (Wildman–Crippen LogP) is 9.21. The maximum Gasteiger partial charge on any atom is 0.0728 e. The van der Waals surface area contributed by atoms with Crippen molar-refractivity contribution in [3.8, 4) is 0 Å². The molecule has 0 aromatic rings. The van der Waals surface area contributed by atoms with Crippen molar-refractivity contribution in [3.05, 3.63) is 0 Å². The van der Waals surface area contributed by atoms with Crippen LogP contribution in [0.4, 0.5) is 0 Å². The van der Waals surface area contributed by atoms with Crippen LogP contribution in [-0.4, -0.2) is 53.8 Å². The van der Waals surface area contributed by atoms with Gasteiger partial charge in [0.1, 0.15) is 0 Å². The molecule has 0 spiro atoms. The van der Waals surface area contributed by atoms with Crippen molar-refractivity contribution in [1.29, 1.82) is 0 Å². The fourth-order valence-corrected chi connectivity index (χ4v) is 19.4. The molecule has 0 bridgehead atoms. The van der Waals surface area contributed by atoms with E-state index in [4.69, 9.17) is 9.47 Å². The van der Waals surface area contributed by atoms with E-state index in [1.807, 2.05) is 41.2 Å². The summed E-state index contributed by atoms with van der Waals surface area (Å²) in [6.07, 6.45) is 10.2. The van der Waals surface area contributed by atoms with Gasteiger partial charge in [0.05, 0.1) is 29.0 Å². The van der Waals surface area contributed by atoms with E-state index in [0.717, 1.165) is 13.2 Å². The molecule has 2 atom stereocenters. The summed E-state index contributed by atoms with van der Waals surface area (Å²) < 4.78 is 12.9. The molecule has 8 heteroatoms. The lowest BCUT2D eigenvalue weighted by atomic mass is 10.4. The Bertz CT molecular complexity index is 338. The van der Waals surface area contributed by atoms with E-state index in [-0.39, 0.29) is 0 Å². The van der Waals surface area contributed by atoms with E-state index in [0.29, 0.717) is 11.5 Å². The van der Waals surface area contributed by atoms with Crippen molar-refractivity contribution in [3.63, 3.8) is 0 Å². The van der Waals surface area contributed by atoms with Crippen molar-refractivity contribution >= 4 is 58.8 Å². The highest BCUT2D eigenvalue weighted by atomic mass is 33.7. The molecule has 0 aliphatic heterocycles. The number of hydrogen-bond acceptors (Lipinski definition) is 6. The largest absolute Gasteiger partial charge is 0.381 e. The molecular weight excluding hydrogens is 505 g/mol. The number of unbranched alkanes of at least 4 members (excludes halogenated alkanes) is 2. The van der Waals surface area contributed by atoms with Crippen LogP contribution in [0.25, 0.3) is 0 Å². The zero-order chi connectivity index (χ0) is 23.9. The predicted molar refractivity (Wildman–Crippen MR) is 164 cm³/mol. The molecular formula is C24H54O2S4Si2. The van der Waals surface area contributed by atoms with Gasteiger partial charge in [-0.25, -0.2) is 0 Å². The molecule has 0 heterocycles. The lowest BCUT2D eigenvalue weighted by molar-refractivity contribution is 0.113. The lowest BCUT2D eigenvalue weighted by Gasteiger charge is -2.26. The van der Waals surface area contributed by atoms with Crippen LogP contribution in [-0.2, 0) is 9.47 Å². The van der Waals surface area contributed by atoms with Crippen LogP contribution < -0.4 is 0 Å². The third kappa shape index (κ3) is 18.1. The average Bonchev–Trinajstić information content (AvgIpc) is 2.79. The normalized spacial score (nSPS) is 13.9. The SMILES string of the molecule is CCCCOC(CSSSSCC(OCCCC)[SiH](CCC)CCC)[SiH](CCC)CCC. The minimum atomic E-state index is -0.800. The smallest absolute Gasteiger partial charge is 0.0728 e. The number of rotatable bonds is 25. The summed E-state index contributed by atoms with van der Waals surface area (Å²) in [6, 6.07) is 5.76. The second-order valence-electron chi connectivity index (χ2n) is 8.91. The summed E-state index contributed by atoms with van der Waals surface area (Å²) in [7, 11) is 6.44. The second-order valence-corrected chi connectivity index (χ2v) is 21.8. The van der Waals surface area contributed by atoms with Gasteiger partial charge in [-0.15, -0.1) is 0 Å². The van der Waals surface area contributed by atoms with Gasteiger partial charge in [0.25, 0.3) is 0 Å². The highest BCUT2D eigenvalue weighted by Crippen LogP contribution is 2.44. The summed E-state index contributed by atoms with van der Waals surface area (Å²) in [6.45, 7) is 15.8. The molecule has 32 heavy (non-hydrogen) atoms. The van der Waals surface area contributed by atoms with Gasteiger partial charge in [0, 0.05) is 24.7 Å². The molecule has 0 amide bonds. The molecule has 2 unspecified atom stereocenters. The van der Waals surface area contributed by atoms with Crippen molar-refractivity contribution < 1.29 is 9.47 Å². The first-order chi connectivity index (χ1) is 15.7. The van der Waals surface area contributed by atoms with Crippen LogP contribution in [0.5, 0.6) is 0 Å². The maximum absolute atomic E-state index is 6.43. The van der Waals surface area contributed by atoms with Gasteiger partial charge in [-0.05, 0) is 32.5 Å². The van der Waals surface area contributed by atoms with Gasteiger partial charge in [-0.2, -0.15) is 0 Å². The third-order valence-electron chi connectivity index (χ3n) is 5.94. The highest BCUT2D eigenvalue weighted by molar-refractivity contribution is 9.26. The van der Waals surface area contributed by atoms with Gasteiger partial charge in [-0.3, -0.25) is 0 Å². The lowest BCUT2D eigenvalue weighted by Crippen LogP contribution is -2.35. The van der Waals surface area contributed by atoms with Crippen LogP contribution in [0.2, 0.25) is 24.2 Å². The van der Waals surface area contributed by atoms with Crippen molar-refractivity contribution in [2.75, 3.05) is 24.7 Å². The summed E-state index contributed by atoms with van der Waals surface area (Å²) in [5.74, 6) is 2.36. The molecule has 0 N–H and O–H groups in total. The second kappa shape index (κ2) is 25.8.